The van der Waals surface area contributed by atoms with E-state index in [-0.39, 0.29) is 18.9 Å². The summed E-state index contributed by atoms with van der Waals surface area (Å²) in [5.41, 5.74) is 0. The fraction of sp³-hybridized carbons (Fsp3) is 0.915. The molecule has 0 aromatic carbocycles. The van der Waals surface area contributed by atoms with Gasteiger partial charge in [0.15, 0.2) is 12.6 Å². The minimum absolute atomic E-state index is 0.241. The van der Waals surface area contributed by atoms with E-state index in [0.29, 0.717) is 12.8 Å². The van der Waals surface area contributed by atoms with E-state index < -0.39 is 86.8 Å². The highest BCUT2D eigenvalue weighted by Crippen LogP contribution is 2.30. The van der Waals surface area contributed by atoms with Crippen LogP contribution in [0.4, 0.5) is 0 Å². The van der Waals surface area contributed by atoms with E-state index in [9.17, 15) is 45.6 Å². The molecule has 2 aliphatic heterocycles. The van der Waals surface area contributed by atoms with Gasteiger partial charge >= 0.3 is 0 Å². The third-order valence-corrected chi connectivity index (χ3v) is 20.3. The molecule has 0 aliphatic carbocycles. The minimum atomic E-state index is -1.79. The van der Waals surface area contributed by atoms with Crippen LogP contribution in [0.15, 0.2) is 36.5 Å². The van der Waals surface area contributed by atoms with Crippen LogP contribution in [0.5, 0.6) is 0 Å². The number of rotatable bonds is 70. The number of amides is 1. The molecular weight excluding hydrogens is 1210 g/mol. The third kappa shape index (κ3) is 48.9. The van der Waals surface area contributed by atoms with Gasteiger partial charge < -0.3 is 65.1 Å². The molecule has 12 unspecified atom stereocenters. The molecule has 14 nitrogen and oxygen atoms in total. The van der Waals surface area contributed by atoms with Crippen molar-refractivity contribution in [2.45, 2.75) is 460 Å². The molecule has 1 amide bonds. The van der Waals surface area contributed by atoms with E-state index >= 15 is 0 Å². The average molecular weight is 1360 g/mol. The van der Waals surface area contributed by atoms with Crippen molar-refractivity contribution in [2.75, 3.05) is 19.8 Å². The summed E-state index contributed by atoms with van der Waals surface area (Å²) >= 11 is 0. The van der Waals surface area contributed by atoms with Crippen LogP contribution in [0.25, 0.3) is 0 Å². The highest BCUT2D eigenvalue weighted by Gasteiger charge is 2.51. The molecule has 12 atom stereocenters. The van der Waals surface area contributed by atoms with E-state index in [2.05, 4.69) is 43.5 Å². The first kappa shape index (κ1) is 90.3. The van der Waals surface area contributed by atoms with Gasteiger partial charge in [0.2, 0.25) is 5.91 Å². The fourth-order valence-corrected chi connectivity index (χ4v) is 13.8. The van der Waals surface area contributed by atoms with Crippen molar-refractivity contribution in [2.24, 2.45) is 0 Å². The van der Waals surface area contributed by atoms with Gasteiger partial charge in [0.05, 0.1) is 32.0 Å². The molecule has 0 aromatic heterocycles. The molecule has 0 aromatic rings. The fourth-order valence-electron chi connectivity index (χ4n) is 13.8. The molecular formula is C82H155NO13. The second-order valence-corrected chi connectivity index (χ2v) is 29.2. The zero-order valence-electron chi connectivity index (χ0n) is 62.1. The first-order chi connectivity index (χ1) is 47.1. The Morgan fingerprint density at radius 3 is 1.02 bits per heavy atom. The molecule has 0 bridgehead atoms. The predicted octanol–water partition coefficient (Wildman–Crippen LogP) is 18.8. The number of nitrogens with one attached hydrogen (secondary N) is 1. The number of carbonyl (C=O) groups is 1. The molecule has 14 heteroatoms. The Morgan fingerprint density at radius 1 is 0.365 bits per heavy atom. The summed E-state index contributed by atoms with van der Waals surface area (Å²) in [5, 5.41) is 87.6. The minimum Gasteiger partial charge on any atom is -0.394 e. The lowest BCUT2D eigenvalue weighted by Crippen LogP contribution is -2.65. The molecule has 0 radical (unpaired) electrons. The molecule has 0 spiro atoms. The summed E-state index contributed by atoms with van der Waals surface area (Å²) in [6.07, 6.45) is 71.1. The molecule has 96 heavy (non-hydrogen) atoms. The van der Waals surface area contributed by atoms with Crippen molar-refractivity contribution < 1.29 is 64.6 Å². The summed E-state index contributed by atoms with van der Waals surface area (Å²) in [5.74, 6) is -0.241. The Labute approximate surface area is 589 Å². The topological polar surface area (TPSA) is 228 Å². The number of aliphatic hydroxyl groups is 8. The number of allylic oxidation sites excluding steroid dienone is 5. The van der Waals surface area contributed by atoms with Gasteiger partial charge in [0.1, 0.15) is 48.8 Å². The largest absolute Gasteiger partial charge is 0.394 e. The standard InChI is InChI=1S/C82H155NO13/c1-3-5-7-9-11-13-15-17-19-21-23-25-27-29-30-31-32-33-34-35-36-37-38-39-40-42-44-46-48-50-52-54-56-58-60-62-64-66-74(87)83-70(69-93-81-79(92)77(90)80(73(68-85)95-81)96-82-78(91)76(89)75(88)72(67-84)94-82)71(86)65-63-61-59-57-55-53-51-49-47-45-43-41-28-26-24-22-20-18-16-14-12-10-8-6-4-2/h21,23,55,57,63,65,70-73,75-82,84-86,88-92H,3-20,22,24-54,56,58-62,64,66-69H2,1-2H3,(H,83,87)/b23-21-,57-55+,65-63+. The van der Waals surface area contributed by atoms with E-state index in [1.165, 1.54) is 321 Å². The first-order valence-corrected chi connectivity index (χ1v) is 41.2. The second-order valence-electron chi connectivity index (χ2n) is 29.2. The number of carbonyl (C=O) groups excluding carboxylic acids is 1. The zero-order valence-corrected chi connectivity index (χ0v) is 62.1. The monoisotopic (exact) mass is 1360 g/mol. The molecule has 2 saturated heterocycles. The summed E-state index contributed by atoms with van der Waals surface area (Å²) < 4.78 is 22.9. The van der Waals surface area contributed by atoms with Crippen molar-refractivity contribution in [1.82, 2.24) is 5.32 Å². The van der Waals surface area contributed by atoms with Crippen molar-refractivity contribution in [1.29, 1.82) is 0 Å². The van der Waals surface area contributed by atoms with Gasteiger partial charge in [-0.15, -0.1) is 0 Å². The first-order valence-electron chi connectivity index (χ1n) is 41.2. The maximum absolute atomic E-state index is 13.4. The van der Waals surface area contributed by atoms with Gasteiger partial charge in [-0.05, 0) is 57.8 Å². The molecule has 9 N–H and O–H groups in total. The number of ether oxygens (including phenoxy) is 4. The van der Waals surface area contributed by atoms with Gasteiger partial charge in [-0.25, -0.2) is 0 Å². The number of hydrogen-bond acceptors (Lipinski definition) is 13. The predicted molar refractivity (Wildman–Crippen MR) is 397 cm³/mol. The number of hydrogen-bond donors (Lipinski definition) is 9. The Balaban J connectivity index is 1.59. The van der Waals surface area contributed by atoms with Gasteiger partial charge in [0, 0.05) is 6.42 Å². The maximum Gasteiger partial charge on any atom is 0.220 e. The molecule has 566 valence electrons. The van der Waals surface area contributed by atoms with E-state index in [0.717, 1.165) is 32.1 Å². The van der Waals surface area contributed by atoms with Crippen molar-refractivity contribution in [3.8, 4) is 0 Å². The Hall–Kier alpha value is -1.79. The lowest BCUT2D eigenvalue weighted by atomic mass is 9.97. The van der Waals surface area contributed by atoms with Crippen LogP contribution in [0.3, 0.4) is 0 Å². The highest BCUT2D eigenvalue weighted by molar-refractivity contribution is 5.76. The Kier molecular flexibility index (Phi) is 62.5. The van der Waals surface area contributed by atoms with Gasteiger partial charge in [-0.2, -0.15) is 0 Å². The van der Waals surface area contributed by atoms with Gasteiger partial charge in [0.25, 0.3) is 0 Å². The highest BCUT2D eigenvalue weighted by atomic mass is 16.7. The summed E-state index contributed by atoms with van der Waals surface area (Å²) in [6.45, 7) is 2.85. The number of unbranched alkanes of at least 4 members (excludes halogenated alkanes) is 53. The Bertz CT molecular complexity index is 1750. The lowest BCUT2D eigenvalue weighted by molar-refractivity contribution is -0.359. The second kappa shape index (κ2) is 66.4. The van der Waals surface area contributed by atoms with E-state index in [1.807, 2.05) is 6.08 Å². The van der Waals surface area contributed by atoms with E-state index in [1.54, 1.807) is 6.08 Å². The van der Waals surface area contributed by atoms with Crippen molar-refractivity contribution >= 4 is 5.91 Å². The molecule has 2 heterocycles. The maximum atomic E-state index is 13.4. The SMILES string of the molecule is CCCCCCCCCC/C=C\CCCCCCCCCCCCCCCCCCCCCCCCCCCC(=O)NC(COC1OC(CO)C(OC2OC(CO)C(O)C(O)C2O)C(O)C1O)C(O)/C=C/CC/C=C/CCCCCCCCCCCCCCCCCCCCC. The van der Waals surface area contributed by atoms with Gasteiger partial charge in [-0.1, -0.05) is 359 Å². The molecule has 2 aliphatic rings. The average Bonchev–Trinajstić information content (AvgIpc) is 0.857. The Morgan fingerprint density at radius 2 is 0.667 bits per heavy atom. The van der Waals surface area contributed by atoms with Crippen molar-refractivity contribution in [3.05, 3.63) is 36.5 Å². The van der Waals surface area contributed by atoms with Crippen LogP contribution < -0.4 is 5.32 Å². The van der Waals surface area contributed by atoms with Crippen LogP contribution in [0.1, 0.15) is 386 Å². The zero-order chi connectivity index (χ0) is 69.4. The molecule has 0 saturated carbocycles. The van der Waals surface area contributed by atoms with Crippen LogP contribution in [-0.4, -0.2) is 140 Å². The normalized spacial score (nSPS) is 22.4. The smallest absolute Gasteiger partial charge is 0.220 e. The third-order valence-electron chi connectivity index (χ3n) is 20.3. The van der Waals surface area contributed by atoms with Crippen LogP contribution in [-0.2, 0) is 23.7 Å². The lowest BCUT2D eigenvalue weighted by Gasteiger charge is -2.46. The van der Waals surface area contributed by atoms with Crippen LogP contribution in [0, 0.1) is 0 Å². The van der Waals surface area contributed by atoms with Crippen molar-refractivity contribution in [3.63, 3.8) is 0 Å². The molecule has 2 fully saturated rings. The van der Waals surface area contributed by atoms with Crippen LogP contribution >= 0.6 is 0 Å². The van der Waals surface area contributed by atoms with Crippen LogP contribution in [0.2, 0.25) is 0 Å². The summed E-state index contributed by atoms with van der Waals surface area (Å²) in [7, 11) is 0. The summed E-state index contributed by atoms with van der Waals surface area (Å²) in [6, 6.07) is -0.931. The quantitative estimate of drug-likeness (QED) is 0.0204. The van der Waals surface area contributed by atoms with Gasteiger partial charge in [-0.3, -0.25) is 4.79 Å². The molecule has 2 rings (SSSR count). The number of aliphatic hydroxyl groups excluding tert-OH is 8. The summed E-state index contributed by atoms with van der Waals surface area (Å²) in [4.78, 5) is 13.4. The van der Waals surface area contributed by atoms with E-state index in [4.69, 9.17) is 18.9 Å².